The van der Waals surface area contributed by atoms with Gasteiger partial charge < -0.3 is 78.7 Å². The van der Waals surface area contributed by atoms with E-state index >= 15 is 0 Å². The van der Waals surface area contributed by atoms with Gasteiger partial charge in [0.1, 0.15) is 42.6 Å². The fraction of sp³-hybridized carbons (Fsp3) is 0.706. The molecule has 4 heterocycles. The fourth-order valence-corrected chi connectivity index (χ4v) is 9.87. The second-order valence-corrected chi connectivity index (χ2v) is 19.3. The van der Waals surface area contributed by atoms with Gasteiger partial charge in [0.2, 0.25) is 0 Å². The monoisotopic (exact) mass is 1020 g/mol. The molecule has 3 aliphatic rings. The number of amides is 1. The average molecular weight is 1020 g/mol. The Morgan fingerprint density at radius 3 is 2.36 bits per heavy atom. The maximum absolute atomic E-state index is 13.8. The van der Waals surface area contributed by atoms with Crippen LogP contribution in [0, 0.1) is 11.8 Å². The Kier molecular flexibility index (Phi) is 22.9. The van der Waals surface area contributed by atoms with Gasteiger partial charge in [-0.25, -0.2) is 14.6 Å². The number of fused-ring (bicyclic) bond motifs is 1. The van der Waals surface area contributed by atoms with Gasteiger partial charge in [0.25, 0.3) is 0 Å². The minimum Gasteiger partial charge on any atom is -0.462 e. The number of nitrogen functional groups attached to an aromatic ring is 1. The van der Waals surface area contributed by atoms with Gasteiger partial charge in [0.05, 0.1) is 49.6 Å². The molecular weight excluding hydrogens is 939 g/mol. The molecule has 0 spiro atoms. The van der Waals surface area contributed by atoms with Crippen molar-refractivity contribution in [3.8, 4) is 0 Å². The number of aromatic nitrogens is 1. The summed E-state index contributed by atoms with van der Waals surface area (Å²) in [6.45, 7) is 9.80. The highest BCUT2D eigenvalue weighted by atomic mass is 16.8. The van der Waals surface area contributed by atoms with Crippen LogP contribution in [0.4, 0.5) is 15.4 Å². The Morgan fingerprint density at radius 2 is 1.68 bits per heavy atom. The molecule has 2 unspecified atom stereocenters. The predicted molar refractivity (Wildman–Crippen MR) is 264 cm³/mol. The highest BCUT2D eigenvalue weighted by Gasteiger charge is 2.51. The molecule has 1 aromatic carbocycles. The molecular formula is C51H79N5O16. The summed E-state index contributed by atoms with van der Waals surface area (Å²) < 4.78 is 54.2. The second kappa shape index (κ2) is 28.2. The van der Waals surface area contributed by atoms with Crippen LogP contribution in [0.15, 0.2) is 36.5 Å². The van der Waals surface area contributed by atoms with Crippen LogP contribution in [0.1, 0.15) is 85.1 Å². The number of carbonyl (C=O) groups is 4. The van der Waals surface area contributed by atoms with E-state index in [2.05, 4.69) is 10.3 Å². The molecule has 16 atom stereocenters. The molecule has 5 rings (SSSR count). The number of aliphatic hydroxyl groups excluding tert-OH is 3. The first-order valence-electron chi connectivity index (χ1n) is 25.1. The number of rotatable bonds is 15. The fourth-order valence-electron chi connectivity index (χ4n) is 9.87. The summed E-state index contributed by atoms with van der Waals surface area (Å²) >= 11 is 0. The summed E-state index contributed by atoms with van der Waals surface area (Å²) in [6.07, 6.45) is -8.05. The van der Waals surface area contributed by atoms with Crippen LogP contribution in [0.2, 0.25) is 0 Å². The summed E-state index contributed by atoms with van der Waals surface area (Å²) in [5.74, 6) is -1.30. The van der Waals surface area contributed by atoms with Crippen molar-refractivity contribution in [1.82, 2.24) is 20.1 Å². The summed E-state index contributed by atoms with van der Waals surface area (Å²) in [4.78, 5) is 59.4. The van der Waals surface area contributed by atoms with Gasteiger partial charge in [-0.1, -0.05) is 43.3 Å². The van der Waals surface area contributed by atoms with Crippen molar-refractivity contribution in [3.63, 3.8) is 0 Å². The van der Waals surface area contributed by atoms with E-state index in [0.29, 0.717) is 44.7 Å². The standard InChI is InChI=1S/C51H79N5O16/c1-10-53-50(62)72-44-30(4)66-41(26-39(44)69-51(63)65-11-2)70-45-31(5)67-49(42(43(45)61)55(6)7)71-46-32(21-23-57)24-29(3)38(59)28-56(8)22-15-18-34(68-40(60)25-37(58)47(46)64-9)17-14-16-33-27-54-48(52)36-20-13-12-19-35(33)36/h12-14,16,19-20,23,27,29-32,34,37-39,41-47,49,58-59,61H,10-11,15,17-18,21-22,24-26,28H2,1-9H3,(H2,52,54)(H,53,62)/b16-14+/t29-,30-,31+,32+,34?,37-,38-,39+,41-,42+,43+,44-,45+,46?,47+,49-/m1/s1. The highest BCUT2D eigenvalue weighted by Crippen LogP contribution is 2.36. The van der Waals surface area contributed by atoms with Crippen LogP contribution in [-0.2, 0) is 52.2 Å². The van der Waals surface area contributed by atoms with E-state index in [-0.39, 0.29) is 31.8 Å². The summed E-state index contributed by atoms with van der Waals surface area (Å²) in [5.41, 5.74) is 6.98. The van der Waals surface area contributed by atoms with Gasteiger partial charge in [0.15, 0.2) is 18.7 Å². The van der Waals surface area contributed by atoms with Crippen molar-refractivity contribution in [2.75, 3.05) is 60.2 Å². The van der Waals surface area contributed by atoms with E-state index in [0.717, 1.165) is 22.6 Å². The Labute approximate surface area is 422 Å². The molecule has 21 heteroatoms. The topological polar surface area (TPSA) is 269 Å². The number of nitrogens with one attached hydrogen (secondary N) is 1. The highest BCUT2D eigenvalue weighted by molar-refractivity contribution is 5.96. The Morgan fingerprint density at radius 1 is 0.958 bits per heavy atom. The van der Waals surface area contributed by atoms with Crippen LogP contribution in [0.3, 0.4) is 0 Å². The van der Waals surface area contributed by atoms with E-state index in [9.17, 15) is 34.5 Å². The molecule has 21 nitrogen and oxygen atoms in total. The molecule has 3 saturated heterocycles. The summed E-state index contributed by atoms with van der Waals surface area (Å²) in [6, 6.07) is 6.74. The quantitative estimate of drug-likeness (QED) is 0.0964. The van der Waals surface area contributed by atoms with Gasteiger partial charge >= 0.3 is 18.2 Å². The molecule has 0 bridgehead atoms. The van der Waals surface area contributed by atoms with Gasteiger partial charge in [-0.05, 0) is 91.9 Å². The number of pyridine rings is 1. The lowest BCUT2D eigenvalue weighted by Gasteiger charge is -2.49. The number of carbonyl (C=O) groups excluding carboxylic acids is 4. The molecule has 3 aliphatic heterocycles. The number of nitrogens with two attached hydrogens (primary N) is 1. The minimum absolute atomic E-state index is 0.0476. The number of alkyl carbamates (subject to hydrolysis) is 1. The molecule has 0 aliphatic carbocycles. The third-order valence-corrected chi connectivity index (χ3v) is 13.6. The lowest BCUT2D eigenvalue weighted by atomic mass is 9.82. The number of methoxy groups -OCH3 is 1. The smallest absolute Gasteiger partial charge is 0.462 e. The number of hydrogen-bond donors (Lipinski definition) is 5. The van der Waals surface area contributed by atoms with Gasteiger partial charge in [-0.15, -0.1) is 0 Å². The predicted octanol–water partition coefficient (Wildman–Crippen LogP) is 3.81. The van der Waals surface area contributed by atoms with Gasteiger partial charge in [0, 0.05) is 56.6 Å². The summed E-state index contributed by atoms with van der Waals surface area (Å²) in [7, 11) is 6.70. The van der Waals surface area contributed by atoms with Crippen molar-refractivity contribution >= 4 is 47.2 Å². The lowest BCUT2D eigenvalue weighted by molar-refractivity contribution is -0.337. The first-order valence-corrected chi connectivity index (χ1v) is 25.1. The second-order valence-electron chi connectivity index (χ2n) is 19.3. The van der Waals surface area contributed by atoms with E-state index in [4.69, 9.17) is 48.4 Å². The molecule has 3 fully saturated rings. The number of esters is 1. The van der Waals surface area contributed by atoms with E-state index in [1.165, 1.54) is 7.11 Å². The molecule has 0 saturated carbocycles. The largest absolute Gasteiger partial charge is 0.508 e. The van der Waals surface area contributed by atoms with Crippen LogP contribution < -0.4 is 11.1 Å². The summed E-state index contributed by atoms with van der Waals surface area (Å²) in [5, 5.41) is 40.0. The zero-order valence-corrected chi connectivity index (χ0v) is 43.2. The molecule has 6 N–H and O–H groups in total. The van der Waals surface area contributed by atoms with Crippen molar-refractivity contribution in [3.05, 3.63) is 42.1 Å². The molecule has 0 radical (unpaired) electrons. The average Bonchev–Trinajstić information content (AvgIpc) is 3.31. The lowest BCUT2D eigenvalue weighted by Crippen LogP contribution is -2.65. The molecule has 1 aromatic heterocycles. The molecule has 72 heavy (non-hydrogen) atoms. The number of cyclic esters (lactones) is 1. The Bertz CT molecular complexity index is 2070. The van der Waals surface area contributed by atoms with Crippen molar-refractivity contribution in [2.45, 2.75) is 165 Å². The number of benzene rings is 1. The van der Waals surface area contributed by atoms with Crippen LogP contribution >= 0.6 is 0 Å². The molecule has 1 amide bonds. The van der Waals surface area contributed by atoms with Gasteiger partial charge in [-0.2, -0.15) is 0 Å². The van der Waals surface area contributed by atoms with Crippen LogP contribution in [-0.4, -0.2) is 195 Å². The SMILES string of the molecule is CCNC(=O)O[C@H]1[C@@H](OC(=O)OCC)C[C@@H](O[C@@H]2[C@@H](O)[C@H](N(C)C)[C@@H](OC3[C@@H](CC=O)C[C@@H](C)[C@H](O)CN(C)CCCC(C/C=C/c4cnc(N)c5ccccc45)OC(=O)C[C@@H](O)[C@@H]3OC)O[C@H]2C)O[C@@H]1C. The third-order valence-electron chi connectivity index (χ3n) is 13.6. The number of hydrogen-bond acceptors (Lipinski definition) is 20. The Hall–Kier alpha value is -4.55. The maximum atomic E-state index is 13.8. The number of likely N-dealkylation sites (N-methyl/N-ethyl adjacent to an activating group) is 2. The van der Waals surface area contributed by atoms with Crippen molar-refractivity contribution in [1.29, 1.82) is 0 Å². The number of β-amino-alcohol motifs (C(OH)–C–C–N with tert-alkyl or cyclic N) is 1. The normalized spacial score (nSPS) is 33.8. The van der Waals surface area contributed by atoms with Gasteiger partial charge in [-0.3, -0.25) is 9.69 Å². The van der Waals surface area contributed by atoms with E-state index < -0.39 is 116 Å². The minimum atomic E-state index is -1.50. The number of aldehydes is 1. The Balaban J connectivity index is 1.39. The van der Waals surface area contributed by atoms with E-state index in [1.54, 1.807) is 52.9 Å². The molecule has 2 aromatic rings. The van der Waals surface area contributed by atoms with Crippen LogP contribution in [0.5, 0.6) is 0 Å². The zero-order valence-electron chi connectivity index (χ0n) is 43.2. The first-order chi connectivity index (χ1) is 34.4. The molecule has 404 valence electrons. The zero-order chi connectivity index (χ0) is 52.6. The number of nitrogens with zero attached hydrogens (tertiary/aromatic N) is 3. The van der Waals surface area contributed by atoms with Crippen molar-refractivity contribution in [2.24, 2.45) is 11.8 Å². The van der Waals surface area contributed by atoms with E-state index in [1.807, 2.05) is 55.3 Å². The van der Waals surface area contributed by atoms with Crippen LogP contribution in [0.25, 0.3) is 16.8 Å². The maximum Gasteiger partial charge on any atom is 0.508 e. The number of ether oxygens (including phenoxy) is 9. The van der Waals surface area contributed by atoms with Crippen molar-refractivity contribution < 1.29 is 77.1 Å². The first kappa shape index (κ1) is 58.3. The number of aliphatic hydroxyl groups is 3. The third kappa shape index (κ3) is 16.0. The number of anilines is 1.